The van der Waals surface area contributed by atoms with Gasteiger partial charge in [0.25, 0.3) is 0 Å². The smallest absolute Gasteiger partial charge is 0.248 e. The molecule has 1 atom stereocenters. The molecule has 27 heavy (non-hydrogen) atoms. The number of benzene rings is 1. The number of nitrogens with two attached hydrogens (primary N) is 1. The van der Waals surface area contributed by atoms with E-state index in [-0.39, 0.29) is 18.2 Å². The van der Waals surface area contributed by atoms with Crippen LogP contribution in [0.1, 0.15) is 28.8 Å². The second-order valence-corrected chi connectivity index (χ2v) is 7.13. The molecule has 0 aliphatic carbocycles. The summed E-state index contributed by atoms with van der Waals surface area (Å²) in [6.07, 6.45) is 1.48. The summed E-state index contributed by atoms with van der Waals surface area (Å²) in [6, 6.07) is 11.4. The van der Waals surface area contributed by atoms with Gasteiger partial charge in [-0.2, -0.15) is 0 Å². The minimum absolute atomic E-state index is 0.111. The van der Waals surface area contributed by atoms with Gasteiger partial charge in [-0.3, -0.25) is 14.4 Å². The van der Waals surface area contributed by atoms with E-state index < -0.39 is 11.9 Å². The third kappa shape index (κ3) is 4.71. The van der Waals surface area contributed by atoms with Crippen molar-refractivity contribution in [2.24, 2.45) is 5.73 Å². The van der Waals surface area contributed by atoms with Gasteiger partial charge in [0.2, 0.25) is 17.7 Å². The van der Waals surface area contributed by atoms with Crippen LogP contribution in [0.25, 0.3) is 0 Å². The summed E-state index contributed by atoms with van der Waals surface area (Å²) in [7, 11) is 0. The van der Waals surface area contributed by atoms with Crippen molar-refractivity contribution >= 4 is 39.5 Å². The quantitative estimate of drug-likeness (QED) is 0.708. The lowest BCUT2D eigenvalue weighted by Crippen LogP contribution is -2.43. The maximum Gasteiger partial charge on any atom is 0.248 e. The molecule has 8 heteroatoms. The molecule has 3 rings (SSSR count). The summed E-state index contributed by atoms with van der Waals surface area (Å²) in [6.45, 7) is 0.526. The van der Waals surface area contributed by atoms with Crippen LogP contribution in [0.3, 0.4) is 0 Å². The molecule has 1 aliphatic heterocycles. The van der Waals surface area contributed by atoms with Crippen molar-refractivity contribution < 1.29 is 14.4 Å². The Kier molecular flexibility index (Phi) is 5.85. The van der Waals surface area contributed by atoms with Gasteiger partial charge in [0.05, 0.1) is 6.42 Å². The van der Waals surface area contributed by atoms with Crippen molar-refractivity contribution in [2.75, 3.05) is 11.9 Å². The van der Waals surface area contributed by atoms with Crippen molar-refractivity contribution in [3.05, 3.63) is 58.2 Å². The monoisotopic (exact) mass is 430 g/mol. The molecule has 1 aromatic heterocycles. The summed E-state index contributed by atoms with van der Waals surface area (Å²) in [4.78, 5) is 42.4. The number of anilines is 1. The molecular weight excluding hydrogens is 412 g/mol. The fourth-order valence-corrected chi connectivity index (χ4v) is 3.48. The van der Waals surface area contributed by atoms with Gasteiger partial charge in [-0.05, 0) is 58.6 Å². The van der Waals surface area contributed by atoms with Crippen molar-refractivity contribution in [1.29, 1.82) is 0 Å². The van der Waals surface area contributed by atoms with Crippen LogP contribution in [-0.2, 0) is 16.0 Å². The average Bonchev–Trinajstić information content (AvgIpc) is 3.12. The molecule has 1 aromatic carbocycles. The van der Waals surface area contributed by atoms with E-state index in [4.69, 9.17) is 5.73 Å². The Bertz CT molecular complexity index is 887. The second kappa shape index (κ2) is 8.30. The van der Waals surface area contributed by atoms with Crippen molar-refractivity contribution in [3.63, 3.8) is 0 Å². The first-order chi connectivity index (χ1) is 12.9. The Hall–Kier alpha value is -2.74. The predicted octanol–water partition coefficient (Wildman–Crippen LogP) is 2.12. The number of carbonyl (C=O) groups excluding carboxylic acids is 3. The molecule has 3 amide bonds. The Balaban J connectivity index is 1.68. The van der Waals surface area contributed by atoms with E-state index >= 15 is 0 Å². The van der Waals surface area contributed by atoms with Crippen LogP contribution in [0.5, 0.6) is 0 Å². The van der Waals surface area contributed by atoms with Crippen LogP contribution >= 0.6 is 15.9 Å². The third-order valence-electron chi connectivity index (χ3n) is 4.41. The molecule has 2 aromatic rings. The van der Waals surface area contributed by atoms with E-state index in [0.29, 0.717) is 34.5 Å². The topological polar surface area (TPSA) is 105 Å². The van der Waals surface area contributed by atoms with Gasteiger partial charge < -0.3 is 16.0 Å². The third-order valence-corrected chi connectivity index (χ3v) is 4.85. The first-order valence-electron chi connectivity index (χ1n) is 8.55. The molecular formula is C19H19BrN4O3. The lowest BCUT2D eigenvalue weighted by molar-refractivity contribution is -0.136. The van der Waals surface area contributed by atoms with Gasteiger partial charge in [-0.1, -0.05) is 18.2 Å². The summed E-state index contributed by atoms with van der Waals surface area (Å²) in [5.74, 6) is -0.513. The fraction of sp³-hybridized carbons (Fsp3) is 0.263. The van der Waals surface area contributed by atoms with Crippen LogP contribution in [0, 0.1) is 0 Å². The zero-order valence-electron chi connectivity index (χ0n) is 14.5. The zero-order valence-corrected chi connectivity index (χ0v) is 16.1. The molecule has 1 saturated heterocycles. The molecule has 140 valence electrons. The van der Waals surface area contributed by atoms with Gasteiger partial charge in [-0.25, -0.2) is 4.98 Å². The molecule has 1 fully saturated rings. The van der Waals surface area contributed by atoms with E-state index in [1.165, 1.54) is 0 Å². The van der Waals surface area contributed by atoms with Crippen LogP contribution in [0.4, 0.5) is 5.82 Å². The van der Waals surface area contributed by atoms with Gasteiger partial charge in [0.1, 0.15) is 16.5 Å². The predicted molar refractivity (Wildman–Crippen MR) is 104 cm³/mol. The lowest BCUT2D eigenvalue weighted by atomic mass is 10.1. The zero-order chi connectivity index (χ0) is 19.4. The first kappa shape index (κ1) is 19.0. The number of carbonyl (C=O) groups is 3. The molecule has 1 aliphatic rings. The SMILES string of the molecule is NC(=O)c1cccc(CC(=O)N2CCC[C@H]2C(=O)Nc2cccc(Br)n2)c1. The molecule has 3 N–H and O–H groups in total. The molecule has 0 unspecified atom stereocenters. The summed E-state index contributed by atoms with van der Waals surface area (Å²) < 4.78 is 0.619. The number of likely N-dealkylation sites (tertiary alicyclic amines) is 1. The second-order valence-electron chi connectivity index (χ2n) is 6.32. The number of halogens is 1. The Morgan fingerprint density at radius 2 is 2.00 bits per heavy atom. The van der Waals surface area contributed by atoms with E-state index in [0.717, 1.165) is 6.42 Å². The molecule has 0 bridgehead atoms. The number of amides is 3. The van der Waals surface area contributed by atoms with Crippen LogP contribution < -0.4 is 11.1 Å². The highest BCUT2D eigenvalue weighted by atomic mass is 79.9. The van der Waals surface area contributed by atoms with E-state index in [1.807, 2.05) is 0 Å². The van der Waals surface area contributed by atoms with Crippen molar-refractivity contribution in [3.8, 4) is 0 Å². The Labute approximate surface area is 165 Å². The molecule has 7 nitrogen and oxygen atoms in total. The number of nitrogens with zero attached hydrogens (tertiary/aromatic N) is 2. The van der Waals surface area contributed by atoms with Crippen molar-refractivity contribution in [2.45, 2.75) is 25.3 Å². The molecule has 0 saturated carbocycles. The van der Waals surface area contributed by atoms with Crippen LogP contribution in [-0.4, -0.2) is 40.2 Å². The highest BCUT2D eigenvalue weighted by Crippen LogP contribution is 2.21. The lowest BCUT2D eigenvalue weighted by Gasteiger charge is -2.24. The normalized spacial score (nSPS) is 16.2. The summed E-state index contributed by atoms with van der Waals surface area (Å²) in [5.41, 5.74) is 6.33. The van der Waals surface area contributed by atoms with Gasteiger partial charge in [0, 0.05) is 12.1 Å². The first-order valence-corrected chi connectivity index (χ1v) is 9.35. The number of pyridine rings is 1. The molecule has 0 radical (unpaired) electrons. The maximum atomic E-state index is 12.7. The minimum atomic E-state index is -0.538. The highest BCUT2D eigenvalue weighted by Gasteiger charge is 2.34. The highest BCUT2D eigenvalue weighted by molar-refractivity contribution is 9.10. The average molecular weight is 431 g/mol. The Morgan fingerprint density at radius 3 is 2.74 bits per heavy atom. The largest absolute Gasteiger partial charge is 0.366 e. The maximum absolute atomic E-state index is 12.7. The Morgan fingerprint density at radius 1 is 1.22 bits per heavy atom. The number of nitrogens with one attached hydrogen (secondary N) is 1. The van der Waals surface area contributed by atoms with E-state index in [2.05, 4.69) is 26.2 Å². The number of rotatable bonds is 5. The van der Waals surface area contributed by atoms with Crippen LogP contribution in [0.15, 0.2) is 47.1 Å². The standard InChI is InChI=1S/C19H19BrN4O3/c20-15-7-2-8-16(22-15)23-19(27)14-6-3-9-24(14)17(25)11-12-4-1-5-13(10-12)18(21)26/h1-2,4-5,7-8,10,14H,3,6,9,11H2,(H2,21,26)(H,22,23,27)/t14-/m0/s1. The number of primary amides is 1. The van der Waals surface area contributed by atoms with E-state index in [9.17, 15) is 14.4 Å². The number of aromatic nitrogens is 1. The molecule has 0 spiro atoms. The van der Waals surface area contributed by atoms with Gasteiger partial charge in [0.15, 0.2) is 0 Å². The fourth-order valence-electron chi connectivity index (χ4n) is 3.14. The number of hydrogen-bond acceptors (Lipinski definition) is 4. The van der Waals surface area contributed by atoms with Crippen molar-refractivity contribution in [1.82, 2.24) is 9.88 Å². The van der Waals surface area contributed by atoms with E-state index in [1.54, 1.807) is 47.4 Å². The minimum Gasteiger partial charge on any atom is -0.366 e. The number of hydrogen-bond donors (Lipinski definition) is 2. The molecule has 2 heterocycles. The van der Waals surface area contributed by atoms with Gasteiger partial charge in [-0.15, -0.1) is 0 Å². The summed E-state index contributed by atoms with van der Waals surface area (Å²) >= 11 is 3.26. The van der Waals surface area contributed by atoms with Gasteiger partial charge >= 0.3 is 0 Å². The summed E-state index contributed by atoms with van der Waals surface area (Å²) in [5, 5.41) is 2.76. The van der Waals surface area contributed by atoms with Crippen LogP contribution in [0.2, 0.25) is 0 Å².